The summed E-state index contributed by atoms with van der Waals surface area (Å²) >= 11 is 0. The van der Waals surface area contributed by atoms with E-state index in [2.05, 4.69) is 6.07 Å². The first kappa shape index (κ1) is 14.9. The second-order valence-electron chi connectivity index (χ2n) is 3.70. The highest BCUT2D eigenvalue weighted by molar-refractivity contribution is 7.92. The van der Waals surface area contributed by atoms with Gasteiger partial charge in [0.25, 0.3) is 9.84 Å². The third-order valence-electron chi connectivity index (χ3n) is 2.09. The summed E-state index contributed by atoms with van der Waals surface area (Å²) in [7, 11) is -5.82. The molecule has 1 rings (SSSR count). The molecule has 2 nitrogen and oxygen atoms in total. The number of alkyl halides is 5. The van der Waals surface area contributed by atoms with Gasteiger partial charge in [-0.1, -0.05) is 0 Å². The zero-order chi connectivity index (χ0) is 14.4. The molecule has 0 N–H and O–H groups in total. The summed E-state index contributed by atoms with van der Waals surface area (Å²) in [6.07, 6.45) is -6.16. The highest BCUT2D eigenvalue weighted by atomic mass is 32.2. The summed E-state index contributed by atoms with van der Waals surface area (Å²) in [5.41, 5.74) is 0.318. The van der Waals surface area contributed by atoms with Crippen LogP contribution < -0.4 is 0 Å². The number of hydrogen-bond acceptors (Lipinski definition) is 2. The average molecular weight is 287 g/mol. The van der Waals surface area contributed by atoms with Gasteiger partial charge in [0.1, 0.15) is 0 Å². The van der Waals surface area contributed by atoms with Crippen molar-refractivity contribution in [1.29, 1.82) is 0 Å². The van der Waals surface area contributed by atoms with Crippen LogP contribution in [0.15, 0.2) is 17.0 Å². The Morgan fingerprint density at radius 1 is 1.00 bits per heavy atom. The van der Waals surface area contributed by atoms with Crippen LogP contribution in [0.4, 0.5) is 22.0 Å². The molecule has 0 aliphatic rings. The predicted molar refractivity (Wildman–Crippen MR) is 52.9 cm³/mol. The molecule has 1 aromatic rings. The molecule has 0 saturated carbocycles. The second kappa shape index (κ2) is 4.18. The van der Waals surface area contributed by atoms with Crippen molar-refractivity contribution in [3.8, 4) is 0 Å². The Kier molecular flexibility index (Phi) is 3.46. The molecule has 101 valence electrons. The van der Waals surface area contributed by atoms with E-state index in [1.165, 1.54) is 13.8 Å². The van der Waals surface area contributed by atoms with E-state index >= 15 is 0 Å². The first-order valence-electron chi connectivity index (χ1n) is 4.59. The molecule has 18 heavy (non-hydrogen) atoms. The fourth-order valence-corrected chi connectivity index (χ4v) is 2.57. The summed E-state index contributed by atoms with van der Waals surface area (Å²) in [4.78, 5) is -1.07. The molecule has 8 heteroatoms. The van der Waals surface area contributed by atoms with Crippen molar-refractivity contribution in [3.63, 3.8) is 0 Å². The van der Waals surface area contributed by atoms with Crippen molar-refractivity contribution in [2.75, 3.05) is 0 Å². The lowest BCUT2D eigenvalue weighted by Crippen LogP contribution is -2.43. The van der Waals surface area contributed by atoms with Crippen molar-refractivity contribution in [2.24, 2.45) is 0 Å². The van der Waals surface area contributed by atoms with E-state index in [0.717, 1.165) is 12.1 Å². The maximum Gasteiger partial charge on any atom is 0.469 e. The highest BCUT2D eigenvalue weighted by Gasteiger charge is 2.67. The van der Waals surface area contributed by atoms with Gasteiger partial charge in [-0.3, -0.25) is 0 Å². The van der Waals surface area contributed by atoms with Gasteiger partial charge in [0.05, 0.1) is 4.90 Å². The monoisotopic (exact) mass is 287 g/mol. The van der Waals surface area contributed by atoms with Crippen LogP contribution in [0.1, 0.15) is 11.1 Å². The number of rotatable bonds is 2. The Morgan fingerprint density at radius 2 is 1.39 bits per heavy atom. The van der Waals surface area contributed by atoms with Gasteiger partial charge < -0.3 is 0 Å². The van der Waals surface area contributed by atoms with Gasteiger partial charge in [-0.25, -0.2) is 8.42 Å². The van der Waals surface area contributed by atoms with Gasteiger partial charge in [-0.05, 0) is 43.2 Å². The maximum absolute atomic E-state index is 12.9. The summed E-state index contributed by atoms with van der Waals surface area (Å²) in [5.74, 6) is 0. The van der Waals surface area contributed by atoms with Crippen molar-refractivity contribution in [2.45, 2.75) is 30.2 Å². The van der Waals surface area contributed by atoms with Gasteiger partial charge >= 0.3 is 11.4 Å². The fourth-order valence-electron chi connectivity index (χ4n) is 1.31. The number of sulfone groups is 1. The lowest BCUT2D eigenvalue weighted by Gasteiger charge is -2.20. The molecule has 0 amide bonds. The quantitative estimate of drug-likeness (QED) is 0.783. The topological polar surface area (TPSA) is 34.1 Å². The molecule has 1 radical (unpaired) electrons. The Labute approximate surface area is 100 Å². The molecular formula is C10H8F5O2S. The lowest BCUT2D eigenvalue weighted by atomic mass is 10.2. The predicted octanol–water partition coefficient (Wildman–Crippen LogP) is 3.03. The lowest BCUT2D eigenvalue weighted by molar-refractivity contribution is -0.241. The molecule has 0 saturated heterocycles. The van der Waals surface area contributed by atoms with Gasteiger partial charge in [-0.15, -0.1) is 0 Å². The van der Waals surface area contributed by atoms with E-state index in [9.17, 15) is 30.4 Å². The minimum Gasteiger partial charge on any atom is -0.217 e. The van der Waals surface area contributed by atoms with Gasteiger partial charge in [0.2, 0.25) is 0 Å². The minimum atomic E-state index is -6.16. The van der Waals surface area contributed by atoms with Crippen molar-refractivity contribution in [1.82, 2.24) is 0 Å². The zero-order valence-electron chi connectivity index (χ0n) is 9.27. The molecule has 0 aromatic heterocycles. The normalized spacial score (nSPS) is 13.7. The SMILES string of the molecule is Cc1[c]c(C)cc(S(=O)(=O)C(F)(F)C(F)(F)F)c1. The van der Waals surface area contributed by atoms with Crippen molar-refractivity contribution < 1.29 is 30.4 Å². The molecule has 1 aromatic carbocycles. The van der Waals surface area contributed by atoms with Gasteiger partial charge in [0.15, 0.2) is 0 Å². The number of benzene rings is 1. The Balaban J connectivity index is 3.48. The van der Waals surface area contributed by atoms with Crippen LogP contribution in [0.2, 0.25) is 0 Å². The molecule has 0 heterocycles. The van der Waals surface area contributed by atoms with E-state index in [1.807, 2.05) is 0 Å². The van der Waals surface area contributed by atoms with Crippen LogP contribution in [0, 0.1) is 19.9 Å². The number of aryl methyl sites for hydroxylation is 2. The van der Waals surface area contributed by atoms with Crippen LogP contribution in [0.5, 0.6) is 0 Å². The van der Waals surface area contributed by atoms with E-state index < -0.39 is 26.2 Å². The molecule has 0 fully saturated rings. The molecular weight excluding hydrogens is 279 g/mol. The van der Waals surface area contributed by atoms with Gasteiger partial charge in [-0.2, -0.15) is 22.0 Å². The van der Waals surface area contributed by atoms with Crippen LogP contribution >= 0.6 is 0 Å². The molecule has 0 bridgehead atoms. The summed E-state index contributed by atoms with van der Waals surface area (Å²) < 4.78 is 84.7. The first-order chi connectivity index (χ1) is 7.89. The van der Waals surface area contributed by atoms with Crippen LogP contribution in [0.25, 0.3) is 0 Å². The zero-order valence-corrected chi connectivity index (χ0v) is 10.1. The fraction of sp³-hybridized carbons (Fsp3) is 0.400. The molecule has 0 unspecified atom stereocenters. The van der Waals surface area contributed by atoms with E-state index in [1.54, 1.807) is 0 Å². The number of halogens is 5. The van der Waals surface area contributed by atoms with Gasteiger partial charge in [0, 0.05) is 0 Å². The Morgan fingerprint density at radius 3 is 1.72 bits per heavy atom. The first-order valence-corrected chi connectivity index (χ1v) is 6.07. The Bertz CT molecular complexity index is 540. The molecule has 0 spiro atoms. The molecule has 0 aliphatic carbocycles. The largest absolute Gasteiger partial charge is 0.469 e. The third-order valence-corrected chi connectivity index (χ3v) is 3.85. The number of hydrogen-bond donors (Lipinski definition) is 0. The van der Waals surface area contributed by atoms with Crippen molar-refractivity contribution in [3.05, 3.63) is 29.3 Å². The van der Waals surface area contributed by atoms with Crippen molar-refractivity contribution >= 4 is 9.84 Å². The van der Waals surface area contributed by atoms with E-state index in [-0.39, 0.29) is 11.1 Å². The second-order valence-corrected chi connectivity index (χ2v) is 5.69. The highest BCUT2D eigenvalue weighted by Crippen LogP contribution is 2.43. The smallest absolute Gasteiger partial charge is 0.217 e. The third kappa shape index (κ3) is 2.33. The summed E-state index contributed by atoms with van der Waals surface area (Å²) in [6.45, 7) is 2.69. The average Bonchev–Trinajstić information content (AvgIpc) is 2.13. The molecule has 0 atom stereocenters. The van der Waals surface area contributed by atoms with Crippen LogP contribution in [0.3, 0.4) is 0 Å². The van der Waals surface area contributed by atoms with E-state index in [0.29, 0.717) is 0 Å². The minimum absolute atomic E-state index is 0.159. The maximum atomic E-state index is 12.9. The van der Waals surface area contributed by atoms with Crippen LogP contribution in [-0.2, 0) is 9.84 Å². The van der Waals surface area contributed by atoms with Crippen LogP contribution in [-0.4, -0.2) is 19.8 Å². The summed E-state index contributed by atoms with van der Waals surface area (Å²) in [6, 6.07) is 4.03. The van der Waals surface area contributed by atoms with E-state index in [4.69, 9.17) is 0 Å². The molecule has 0 aliphatic heterocycles. The Hall–Kier alpha value is -1.18. The standard InChI is InChI=1S/C10H8F5O2S/c1-6-3-7(2)5-8(4-6)18(16,17)10(14,15)9(11,12)13/h4-5H,1-2H3. The summed E-state index contributed by atoms with van der Waals surface area (Å²) in [5, 5.41) is -5.82.